The van der Waals surface area contributed by atoms with Crippen molar-refractivity contribution in [1.82, 2.24) is 9.80 Å². The van der Waals surface area contributed by atoms with E-state index < -0.39 is 23.5 Å². The predicted molar refractivity (Wildman–Crippen MR) is 118 cm³/mol. The third-order valence-electron chi connectivity index (χ3n) is 5.10. The highest BCUT2D eigenvalue weighted by Gasteiger charge is 2.42. The number of benzene rings is 2. The molecule has 1 unspecified atom stereocenters. The van der Waals surface area contributed by atoms with Crippen LogP contribution in [0.1, 0.15) is 17.2 Å². The Morgan fingerprint density at radius 1 is 1.16 bits per heavy atom. The third kappa shape index (κ3) is 4.78. The number of ketones is 1. The van der Waals surface area contributed by atoms with Gasteiger partial charge in [-0.2, -0.15) is 0 Å². The lowest BCUT2D eigenvalue weighted by molar-refractivity contribution is -0.129. The first-order chi connectivity index (χ1) is 14.8. The Bertz CT molecular complexity index is 1030. The standard InChI is InChI=1S/C24H26N2O5/c1-25(2)13-14-26-22(17-10-12-18(27)20(15-17)31-3)21(23(29)24(26)30)19(28)11-9-16-7-5-4-6-8-16/h4-12,15,22,27,29H,13-14H2,1-3H3. The number of aliphatic hydroxyl groups is 1. The first-order valence-corrected chi connectivity index (χ1v) is 9.86. The van der Waals surface area contributed by atoms with Crippen LogP contribution in [-0.2, 0) is 9.59 Å². The Kier molecular flexibility index (Phi) is 6.77. The van der Waals surface area contributed by atoms with Crippen LogP contribution in [0, 0.1) is 0 Å². The molecule has 1 aliphatic heterocycles. The highest BCUT2D eigenvalue weighted by molar-refractivity contribution is 6.14. The van der Waals surface area contributed by atoms with E-state index in [1.165, 1.54) is 24.2 Å². The average molecular weight is 422 g/mol. The maximum atomic E-state index is 13.1. The third-order valence-corrected chi connectivity index (χ3v) is 5.10. The summed E-state index contributed by atoms with van der Waals surface area (Å²) in [7, 11) is 5.17. The molecule has 2 aromatic rings. The number of methoxy groups -OCH3 is 1. The maximum Gasteiger partial charge on any atom is 0.290 e. The van der Waals surface area contributed by atoms with Gasteiger partial charge in [-0.1, -0.05) is 42.5 Å². The van der Waals surface area contributed by atoms with Gasteiger partial charge in [0.2, 0.25) is 0 Å². The first kappa shape index (κ1) is 22.1. The summed E-state index contributed by atoms with van der Waals surface area (Å²) in [6.45, 7) is 0.856. The van der Waals surface area contributed by atoms with Crippen LogP contribution in [0.5, 0.6) is 11.5 Å². The van der Waals surface area contributed by atoms with Crippen LogP contribution in [0.25, 0.3) is 6.08 Å². The van der Waals surface area contributed by atoms with Crippen molar-refractivity contribution in [2.45, 2.75) is 6.04 Å². The molecule has 0 fully saturated rings. The van der Waals surface area contributed by atoms with Gasteiger partial charge in [-0.05, 0) is 43.4 Å². The first-order valence-electron chi connectivity index (χ1n) is 9.86. The average Bonchev–Trinajstić information content (AvgIpc) is 3.02. The number of aromatic hydroxyl groups is 1. The van der Waals surface area contributed by atoms with Gasteiger partial charge >= 0.3 is 0 Å². The summed E-state index contributed by atoms with van der Waals surface area (Å²) in [6, 6.07) is 13.1. The number of ether oxygens (including phenoxy) is 1. The van der Waals surface area contributed by atoms with Gasteiger partial charge in [-0.3, -0.25) is 9.59 Å². The van der Waals surface area contributed by atoms with Gasteiger partial charge in [0.1, 0.15) is 0 Å². The van der Waals surface area contributed by atoms with Gasteiger partial charge < -0.3 is 24.7 Å². The Hall–Kier alpha value is -3.58. The fraction of sp³-hybridized carbons (Fsp3) is 0.250. The number of rotatable bonds is 8. The lowest BCUT2D eigenvalue weighted by Gasteiger charge is -2.28. The highest BCUT2D eigenvalue weighted by Crippen LogP contribution is 2.40. The van der Waals surface area contributed by atoms with Crippen molar-refractivity contribution in [3.05, 3.63) is 77.1 Å². The molecule has 0 spiro atoms. The van der Waals surface area contributed by atoms with E-state index in [-0.39, 0.29) is 17.1 Å². The molecule has 3 rings (SSSR count). The predicted octanol–water partition coefficient (Wildman–Crippen LogP) is 2.94. The SMILES string of the molecule is COc1cc(C2C(C(=O)C=Cc3ccccc3)=C(O)C(=O)N2CCN(C)C)ccc1O. The Morgan fingerprint density at radius 2 is 1.87 bits per heavy atom. The summed E-state index contributed by atoms with van der Waals surface area (Å²) in [5.41, 5.74) is 1.39. The van der Waals surface area contributed by atoms with Crippen LogP contribution in [0.15, 0.2) is 65.9 Å². The highest BCUT2D eigenvalue weighted by atomic mass is 16.5. The lowest BCUT2D eigenvalue weighted by Crippen LogP contribution is -2.36. The maximum absolute atomic E-state index is 13.1. The second kappa shape index (κ2) is 9.49. The van der Waals surface area contributed by atoms with E-state index in [9.17, 15) is 19.8 Å². The summed E-state index contributed by atoms with van der Waals surface area (Å²) in [6.07, 6.45) is 3.00. The molecule has 0 bridgehead atoms. The number of hydrogen-bond donors (Lipinski definition) is 2. The summed E-state index contributed by atoms with van der Waals surface area (Å²) in [5.74, 6) is -1.45. The summed E-state index contributed by atoms with van der Waals surface area (Å²) < 4.78 is 5.19. The Labute approximate surface area is 181 Å². The molecule has 1 heterocycles. The molecule has 0 aliphatic carbocycles. The van der Waals surface area contributed by atoms with E-state index in [2.05, 4.69) is 0 Å². The molecule has 1 atom stereocenters. The van der Waals surface area contributed by atoms with Gasteiger partial charge in [-0.25, -0.2) is 0 Å². The number of aliphatic hydroxyl groups excluding tert-OH is 1. The Morgan fingerprint density at radius 3 is 2.52 bits per heavy atom. The van der Waals surface area contributed by atoms with Crippen LogP contribution in [-0.4, -0.2) is 66.0 Å². The largest absolute Gasteiger partial charge is 0.504 e. The Balaban J connectivity index is 2.02. The molecular formula is C24H26N2O5. The van der Waals surface area contributed by atoms with Gasteiger partial charge in [0.15, 0.2) is 23.0 Å². The topological polar surface area (TPSA) is 90.3 Å². The number of carbonyl (C=O) groups is 2. The number of nitrogens with zero attached hydrogens (tertiary/aromatic N) is 2. The van der Waals surface area contributed by atoms with Crippen molar-refractivity contribution in [3.63, 3.8) is 0 Å². The van der Waals surface area contributed by atoms with Crippen molar-refractivity contribution in [3.8, 4) is 11.5 Å². The fourth-order valence-corrected chi connectivity index (χ4v) is 3.48. The molecule has 2 aromatic carbocycles. The second-order valence-corrected chi connectivity index (χ2v) is 7.51. The van der Waals surface area contributed by atoms with E-state index >= 15 is 0 Å². The number of allylic oxidation sites excluding steroid dienone is 1. The summed E-state index contributed by atoms with van der Waals surface area (Å²) in [5, 5.41) is 20.6. The second-order valence-electron chi connectivity index (χ2n) is 7.51. The summed E-state index contributed by atoms with van der Waals surface area (Å²) in [4.78, 5) is 29.3. The number of phenols is 1. The lowest BCUT2D eigenvalue weighted by atomic mass is 9.95. The van der Waals surface area contributed by atoms with Crippen LogP contribution < -0.4 is 4.74 Å². The molecule has 0 saturated heterocycles. The van der Waals surface area contributed by atoms with E-state index in [1.54, 1.807) is 18.2 Å². The molecule has 1 aliphatic rings. The molecule has 0 radical (unpaired) electrons. The quantitative estimate of drug-likeness (QED) is 0.636. The summed E-state index contributed by atoms with van der Waals surface area (Å²) >= 11 is 0. The van der Waals surface area contributed by atoms with Crippen LogP contribution >= 0.6 is 0 Å². The molecule has 0 saturated carbocycles. The van der Waals surface area contributed by atoms with Crippen LogP contribution in [0.2, 0.25) is 0 Å². The van der Waals surface area contributed by atoms with Gasteiger partial charge in [-0.15, -0.1) is 0 Å². The van der Waals surface area contributed by atoms with Crippen LogP contribution in [0.3, 0.4) is 0 Å². The zero-order valence-electron chi connectivity index (χ0n) is 17.8. The molecule has 2 N–H and O–H groups in total. The minimum absolute atomic E-state index is 0.00341. The van der Waals surface area contributed by atoms with Crippen LogP contribution in [0.4, 0.5) is 0 Å². The zero-order chi connectivity index (χ0) is 22.5. The molecule has 0 aromatic heterocycles. The van der Waals surface area contributed by atoms with E-state index in [0.717, 1.165) is 5.56 Å². The fourth-order valence-electron chi connectivity index (χ4n) is 3.48. The van der Waals surface area contributed by atoms with Gasteiger partial charge in [0.05, 0.1) is 18.7 Å². The minimum atomic E-state index is -0.796. The van der Waals surface area contributed by atoms with E-state index in [0.29, 0.717) is 18.7 Å². The molecule has 31 heavy (non-hydrogen) atoms. The number of amides is 1. The normalized spacial score (nSPS) is 16.6. The molecular weight excluding hydrogens is 396 g/mol. The minimum Gasteiger partial charge on any atom is -0.504 e. The van der Waals surface area contributed by atoms with E-state index in [4.69, 9.17) is 4.74 Å². The molecule has 7 nitrogen and oxygen atoms in total. The monoisotopic (exact) mass is 422 g/mol. The molecule has 7 heteroatoms. The van der Waals surface area contributed by atoms with Crippen molar-refractivity contribution >= 4 is 17.8 Å². The van der Waals surface area contributed by atoms with Gasteiger partial charge in [0, 0.05) is 13.1 Å². The van der Waals surface area contributed by atoms with E-state index in [1.807, 2.05) is 49.3 Å². The zero-order valence-corrected chi connectivity index (χ0v) is 17.8. The number of phenolic OH excluding ortho intramolecular Hbond substituents is 1. The van der Waals surface area contributed by atoms with Crippen molar-refractivity contribution in [2.24, 2.45) is 0 Å². The molecule has 162 valence electrons. The smallest absolute Gasteiger partial charge is 0.290 e. The van der Waals surface area contributed by atoms with Crippen molar-refractivity contribution in [2.75, 3.05) is 34.3 Å². The van der Waals surface area contributed by atoms with Gasteiger partial charge in [0.25, 0.3) is 5.91 Å². The molecule has 1 amide bonds. The van der Waals surface area contributed by atoms with Crippen molar-refractivity contribution in [1.29, 1.82) is 0 Å². The van der Waals surface area contributed by atoms with Crippen molar-refractivity contribution < 1.29 is 24.5 Å². The number of carbonyl (C=O) groups excluding carboxylic acids is 2. The number of likely N-dealkylation sites (N-methyl/N-ethyl adjacent to an activating group) is 1. The number of hydrogen-bond acceptors (Lipinski definition) is 6.